The zero-order valence-electron chi connectivity index (χ0n) is 20.9. The Morgan fingerprint density at radius 2 is 0.917 bits per heavy atom. The van der Waals surface area contributed by atoms with Crippen molar-refractivity contribution in [1.82, 2.24) is 0 Å². The Morgan fingerprint density at radius 3 is 1.28 bits per heavy atom. The third kappa shape index (κ3) is 4.18. The minimum atomic E-state index is -1.45. The molecule has 0 unspecified atom stereocenters. The standard InChI is InChI=1S/C32H32O3S/c1-30(2)34-28(31(33,24-16-8-4-9-17-24)25-18-10-5-11-19-25)29(35-30)32(36-3,26-20-12-6-13-21-26)27-22-14-7-15-23-27/h4-23,28-29,33H,1-3H3/t28-,29-/m0/s1. The van der Waals surface area contributed by atoms with Gasteiger partial charge in [-0.1, -0.05) is 121 Å². The number of benzene rings is 4. The van der Waals surface area contributed by atoms with Gasteiger partial charge in [-0.3, -0.25) is 0 Å². The van der Waals surface area contributed by atoms with Gasteiger partial charge < -0.3 is 14.6 Å². The molecule has 5 rings (SSSR count). The average Bonchev–Trinajstić information content (AvgIpc) is 3.27. The molecule has 36 heavy (non-hydrogen) atoms. The van der Waals surface area contributed by atoms with Crippen LogP contribution in [0.3, 0.4) is 0 Å². The van der Waals surface area contributed by atoms with Gasteiger partial charge in [-0.2, -0.15) is 0 Å². The average molecular weight is 497 g/mol. The van der Waals surface area contributed by atoms with Gasteiger partial charge in [0.25, 0.3) is 0 Å². The Hall–Kier alpha value is -2.89. The van der Waals surface area contributed by atoms with Gasteiger partial charge in [0, 0.05) is 0 Å². The summed E-state index contributed by atoms with van der Waals surface area (Å²) < 4.78 is 12.9. The van der Waals surface area contributed by atoms with Crippen LogP contribution in [0.5, 0.6) is 0 Å². The highest BCUT2D eigenvalue weighted by molar-refractivity contribution is 7.99. The van der Waals surface area contributed by atoms with Crippen molar-refractivity contribution in [2.24, 2.45) is 0 Å². The Labute approximate surface area is 218 Å². The van der Waals surface area contributed by atoms with Crippen molar-refractivity contribution in [3.8, 4) is 0 Å². The summed E-state index contributed by atoms with van der Waals surface area (Å²) in [4.78, 5) is 0. The Balaban J connectivity index is 1.79. The lowest BCUT2D eigenvalue weighted by atomic mass is 9.74. The molecule has 1 N–H and O–H groups in total. The van der Waals surface area contributed by atoms with Gasteiger partial charge in [-0.15, -0.1) is 11.8 Å². The van der Waals surface area contributed by atoms with Crippen LogP contribution in [-0.2, 0) is 19.8 Å². The monoisotopic (exact) mass is 496 g/mol. The van der Waals surface area contributed by atoms with Gasteiger partial charge in [-0.05, 0) is 42.4 Å². The lowest BCUT2D eigenvalue weighted by molar-refractivity contribution is -0.166. The largest absolute Gasteiger partial charge is 0.378 e. The van der Waals surface area contributed by atoms with Crippen LogP contribution in [0.2, 0.25) is 0 Å². The van der Waals surface area contributed by atoms with Crippen molar-refractivity contribution in [2.75, 3.05) is 6.26 Å². The minimum Gasteiger partial charge on any atom is -0.378 e. The summed E-state index contributed by atoms with van der Waals surface area (Å²) in [5, 5.41) is 12.8. The van der Waals surface area contributed by atoms with E-state index in [9.17, 15) is 5.11 Å². The van der Waals surface area contributed by atoms with E-state index < -0.39 is 28.3 Å². The van der Waals surface area contributed by atoms with Gasteiger partial charge in [0.1, 0.15) is 17.8 Å². The van der Waals surface area contributed by atoms with Crippen molar-refractivity contribution in [1.29, 1.82) is 0 Å². The number of hydrogen-bond acceptors (Lipinski definition) is 4. The first-order valence-corrected chi connectivity index (χ1v) is 13.5. The van der Waals surface area contributed by atoms with Crippen molar-refractivity contribution < 1.29 is 14.6 Å². The molecule has 0 radical (unpaired) electrons. The smallest absolute Gasteiger partial charge is 0.164 e. The van der Waals surface area contributed by atoms with Crippen molar-refractivity contribution in [3.05, 3.63) is 144 Å². The van der Waals surface area contributed by atoms with Crippen molar-refractivity contribution in [3.63, 3.8) is 0 Å². The Kier molecular flexibility index (Phi) is 6.80. The molecule has 1 saturated heterocycles. The summed E-state index contributed by atoms with van der Waals surface area (Å²) in [6.07, 6.45) is 0.887. The van der Waals surface area contributed by atoms with Crippen molar-refractivity contribution >= 4 is 11.8 Å². The molecule has 2 atom stereocenters. The Bertz CT molecular complexity index is 1180. The SMILES string of the molecule is CSC(c1ccccc1)(c1ccccc1)[C@H]1OC(C)(C)O[C@@H]1C(O)(c1ccccc1)c1ccccc1. The fourth-order valence-corrected chi connectivity index (χ4v) is 6.61. The van der Waals surface area contributed by atoms with E-state index >= 15 is 0 Å². The van der Waals surface area contributed by atoms with Gasteiger partial charge in [-0.25, -0.2) is 0 Å². The molecule has 0 amide bonds. The van der Waals surface area contributed by atoms with E-state index in [-0.39, 0.29) is 0 Å². The maximum absolute atomic E-state index is 12.8. The van der Waals surface area contributed by atoms with E-state index in [0.717, 1.165) is 22.3 Å². The van der Waals surface area contributed by atoms with Crippen LogP contribution in [0.1, 0.15) is 36.1 Å². The zero-order chi connectivity index (χ0) is 25.2. The van der Waals surface area contributed by atoms with E-state index in [0.29, 0.717) is 0 Å². The highest BCUT2D eigenvalue weighted by Gasteiger charge is 2.61. The van der Waals surface area contributed by atoms with Crippen LogP contribution in [-0.4, -0.2) is 29.4 Å². The van der Waals surface area contributed by atoms with Crippen LogP contribution in [0.25, 0.3) is 0 Å². The molecule has 1 aliphatic rings. The molecule has 0 aromatic heterocycles. The normalized spacial score (nSPS) is 19.8. The fraction of sp³-hybridized carbons (Fsp3) is 0.250. The molecular weight excluding hydrogens is 464 g/mol. The molecule has 1 fully saturated rings. The second-order valence-electron chi connectivity index (χ2n) is 9.65. The van der Waals surface area contributed by atoms with Crippen molar-refractivity contribution in [2.45, 2.75) is 42.2 Å². The quantitative estimate of drug-likeness (QED) is 0.307. The predicted molar refractivity (Wildman–Crippen MR) is 147 cm³/mol. The fourth-order valence-electron chi connectivity index (χ4n) is 5.46. The third-order valence-corrected chi connectivity index (χ3v) is 8.41. The molecule has 0 bridgehead atoms. The van der Waals surface area contributed by atoms with Crippen LogP contribution in [0.4, 0.5) is 0 Å². The number of hydrogen-bond donors (Lipinski definition) is 1. The van der Waals surface area contributed by atoms with Crippen LogP contribution >= 0.6 is 11.8 Å². The second kappa shape index (κ2) is 9.87. The summed E-state index contributed by atoms with van der Waals surface area (Å²) in [7, 11) is 0. The third-order valence-electron chi connectivity index (χ3n) is 7.06. The summed E-state index contributed by atoms with van der Waals surface area (Å²) in [6, 6.07) is 40.4. The van der Waals surface area contributed by atoms with E-state index in [1.54, 1.807) is 11.8 Å². The summed E-state index contributed by atoms with van der Waals surface area (Å²) in [5.41, 5.74) is 2.28. The molecule has 184 valence electrons. The van der Waals surface area contributed by atoms with Gasteiger partial charge in [0.15, 0.2) is 5.79 Å². The minimum absolute atomic E-state index is 0.516. The lowest BCUT2D eigenvalue weighted by Crippen LogP contribution is -2.53. The molecule has 3 nitrogen and oxygen atoms in total. The summed E-state index contributed by atoms with van der Waals surface area (Å²) in [6.45, 7) is 3.86. The molecule has 0 spiro atoms. The summed E-state index contributed by atoms with van der Waals surface area (Å²) >= 11 is 1.72. The van der Waals surface area contributed by atoms with Crippen LogP contribution in [0, 0.1) is 0 Å². The highest BCUT2D eigenvalue weighted by Crippen LogP contribution is 2.55. The lowest BCUT2D eigenvalue weighted by Gasteiger charge is -2.44. The molecule has 4 aromatic carbocycles. The predicted octanol–water partition coefficient (Wildman–Crippen LogP) is 6.75. The molecule has 1 aliphatic heterocycles. The highest BCUT2D eigenvalue weighted by atomic mass is 32.2. The topological polar surface area (TPSA) is 38.7 Å². The molecule has 4 heteroatoms. The van der Waals surface area contributed by atoms with Gasteiger partial charge in [0.05, 0.1) is 4.75 Å². The maximum atomic E-state index is 12.8. The van der Waals surface area contributed by atoms with E-state index in [2.05, 4.69) is 54.8 Å². The van der Waals surface area contributed by atoms with Gasteiger partial charge in [0.2, 0.25) is 0 Å². The molecule has 4 aromatic rings. The number of ether oxygens (including phenoxy) is 2. The first-order valence-electron chi connectivity index (χ1n) is 12.3. The number of aliphatic hydroxyl groups is 1. The van der Waals surface area contributed by atoms with Gasteiger partial charge >= 0.3 is 0 Å². The zero-order valence-corrected chi connectivity index (χ0v) is 21.7. The number of thioether (sulfide) groups is 1. The second-order valence-corrected chi connectivity index (χ2v) is 10.7. The first-order chi connectivity index (χ1) is 17.4. The molecule has 0 saturated carbocycles. The summed E-state index contributed by atoms with van der Waals surface area (Å²) in [5.74, 6) is -0.905. The van der Waals surface area contributed by atoms with E-state index in [1.165, 1.54) is 0 Å². The maximum Gasteiger partial charge on any atom is 0.164 e. The molecule has 1 heterocycles. The first kappa shape index (κ1) is 24.8. The number of rotatable bonds is 7. The van der Waals surface area contributed by atoms with Crippen LogP contribution in [0.15, 0.2) is 121 Å². The Morgan fingerprint density at radius 1 is 0.583 bits per heavy atom. The van der Waals surface area contributed by atoms with E-state index in [1.807, 2.05) is 86.6 Å². The molecular formula is C32H32O3S. The molecule has 0 aliphatic carbocycles. The van der Waals surface area contributed by atoms with Crippen LogP contribution < -0.4 is 0 Å². The van der Waals surface area contributed by atoms with E-state index in [4.69, 9.17) is 9.47 Å².